The van der Waals surface area contributed by atoms with Crippen LogP contribution in [0.1, 0.15) is 81.8 Å². The predicted octanol–water partition coefficient (Wildman–Crippen LogP) is 6.48. The molecule has 1 aliphatic heterocycles. The van der Waals surface area contributed by atoms with E-state index < -0.39 is 12.1 Å². The van der Waals surface area contributed by atoms with Crippen molar-refractivity contribution in [3.63, 3.8) is 0 Å². The molecule has 1 saturated carbocycles. The van der Waals surface area contributed by atoms with Crippen molar-refractivity contribution in [2.24, 2.45) is 11.8 Å². The van der Waals surface area contributed by atoms with Crippen LogP contribution in [0.4, 0.5) is 0 Å². The van der Waals surface area contributed by atoms with Gasteiger partial charge in [-0.05, 0) is 60.7 Å². The highest BCUT2D eigenvalue weighted by atomic mass is 16.5. The second kappa shape index (κ2) is 11.6. The number of carbonyl (C=O) groups is 3. The highest BCUT2D eigenvalue weighted by Gasteiger charge is 2.38. The minimum absolute atomic E-state index is 0.117. The number of amides is 2. The summed E-state index contributed by atoms with van der Waals surface area (Å²) in [5, 5.41) is 0. The van der Waals surface area contributed by atoms with E-state index in [-0.39, 0.29) is 24.3 Å². The second-order valence-electron chi connectivity index (χ2n) is 10.3. The average Bonchev–Trinajstić information content (AvgIpc) is 3.20. The Morgan fingerprint density at radius 3 is 2.21 bits per heavy atom. The smallest absolute Gasteiger partial charge is 0.338 e. The Bertz CT molecular complexity index is 1260. The summed E-state index contributed by atoms with van der Waals surface area (Å²) in [7, 11) is 0. The fraction of sp³-hybridized carbons (Fsp3) is 0.344. The van der Waals surface area contributed by atoms with Crippen LogP contribution in [0.25, 0.3) is 0 Å². The first-order chi connectivity index (χ1) is 18.5. The molecule has 3 aromatic rings. The average molecular weight is 512 g/mol. The van der Waals surface area contributed by atoms with Crippen LogP contribution in [0.5, 0.6) is 5.75 Å². The minimum Gasteiger partial charge on any atom is -0.493 e. The molecule has 1 heterocycles. The summed E-state index contributed by atoms with van der Waals surface area (Å²) in [4.78, 5) is 40.4. The first-order valence-corrected chi connectivity index (χ1v) is 13.5. The molecule has 3 aromatic carbocycles. The van der Waals surface area contributed by atoms with Gasteiger partial charge in [-0.25, -0.2) is 4.79 Å². The van der Waals surface area contributed by atoms with Crippen molar-refractivity contribution < 1.29 is 23.9 Å². The Balaban J connectivity index is 1.37. The number of ether oxygens (including phenoxy) is 2. The Hall–Kier alpha value is -3.93. The van der Waals surface area contributed by atoms with Gasteiger partial charge in [0.2, 0.25) is 0 Å². The maximum atomic E-state index is 13.1. The summed E-state index contributed by atoms with van der Waals surface area (Å²) in [5.41, 5.74) is 2.01. The summed E-state index contributed by atoms with van der Waals surface area (Å²) in [6.45, 7) is 2.68. The van der Waals surface area contributed by atoms with Gasteiger partial charge in [0.25, 0.3) is 11.8 Å². The molecule has 6 nitrogen and oxygen atoms in total. The molecule has 6 heteroatoms. The van der Waals surface area contributed by atoms with Crippen molar-refractivity contribution in [3.05, 3.63) is 101 Å². The standard InChI is InChI=1S/C32H33NO5/c1-22(20-33-30(34)27-17-8-9-18-28(27)31(33)35)29(38-32(36)24-13-6-3-7-14-24)25-15-10-16-26(19-25)37-21-23-11-4-2-5-12-23/h3,6-10,13-19,22-23,29H,2,4-5,11-12,20-21H2,1H3/t22-,29+/m1/s1. The summed E-state index contributed by atoms with van der Waals surface area (Å²) in [5.74, 6) is -0.185. The summed E-state index contributed by atoms with van der Waals surface area (Å²) < 4.78 is 12.2. The van der Waals surface area contributed by atoms with E-state index >= 15 is 0 Å². The quantitative estimate of drug-likeness (QED) is 0.243. The first-order valence-electron chi connectivity index (χ1n) is 13.5. The lowest BCUT2D eigenvalue weighted by Crippen LogP contribution is -2.36. The summed E-state index contributed by atoms with van der Waals surface area (Å²) in [6.07, 6.45) is 5.49. The van der Waals surface area contributed by atoms with Gasteiger partial charge in [0.15, 0.2) is 0 Å². The molecule has 2 aliphatic rings. The van der Waals surface area contributed by atoms with Gasteiger partial charge in [0.1, 0.15) is 11.9 Å². The van der Waals surface area contributed by atoms with Gasteiger partial charge in [0.05, 0.1) is 23.3 Å². The molecule has 0 bridgehead atoms. The lowest BCUT2D eigenvalue weighted by molar-refractivity contribution is 0.0110. The summed E-state index contributed by atoms with van der Waals surface area (Å²) in [6, 6.07) is 23.3. The maximum absolute atomic E-state index is 13.1. The monoisotopic (exact) mass is 511 g/mol. The topological polar surface area (TPSA) is 72.9 Å². The zero-order valence-electron chi connectivity index (χ0n) is 21.7. The molecule has 1 fully saturated rings. The molecular formula is C32H33NO5. The highest BCUT2D eigenvalue weighted by Crippen LogP contribution is 2.33. The van der Waals surface area contributed by atoms with E-state index in [0.717, 1.165) is 11.3 Å². The van der Waals surface area contributed by atoms with Gasteiger partial charge in [-0.1, -0.05) is 68.7 Å². The van der Waals surface area contributed by atoms with Gasteiger partial charge in [-0.2, -0.15) is 0 Å². The van der Waals surface area contributed by atoms with Crippen LogP contribution in [0.3, 0.4) is 0 Å². The van der Waals surface area contributed by atoms with Crippen LogP contribution in [-0.4, -0.2) is 35.8 Å². The highest BCUT2D eigenvalue weighted by molar-refractivity contribution is 6.21. The van der Waals surface area contributed by atoms with Crippen LogP contribution in [-0.2, 0) is 4.74 Å². The van der Waals surface area contributed by atoms with Crippen LogP contribution in [0, 0.1) is 11.8 Å². The molecule has 38 heavy (non-hydrogen) atoms. The Kier molecular flexibility index (Phi) is 7.87. The number of hydrogen-bond donors (Lipinski definition) is 0. The van der Waals surface area contributed by atoms with E-state index in [4.69, 9.17) is 9.47 Å². The largest absolute Gasteiger partial charge is 0.493 e. The van der Waals surface area contributed by atoms with Gasteiger partial charge in [-0.15, -0.1) is 0 Å². The van der Waals surface area contributed by atoms with Crippen LogP contribution in [0.2, 0.25) is 0 Å². The lowest BCUT2D eigenvalue weighted by atomic mass is 9.90. The van der Waals surface area contributed by atoms with Crippen LogP contribution in [0.15, 0.2) is 78.9 Å². The van der Waals surface area contributed by atoms with Crippen molar-refractivity contribution in [2.75, 3.05) is 13.2 Å². The molecule has 1 aliphatic carbocycles. The number of imide groups is 1. The first kappa shape index (κ1) is 25.7. The molecule has 0 aromatic heterocycles. The Labute approximate surface area is 223 Å². The van der Waals surface area contributed by atoms with Crippen LogP contribution >= 0.6 is 0 Å². The fourth-order valence-electron chi connectivity index (χ4n) is 5.41. The zero-order chi connectivity index (χ0) is 26.5. The number of fused-ring (bicyclic) bond motifs is 1. The number of nitrogens with zero attached hydrogens (tertiary/aromatic N) is 1. The lowest BCUT2D eigenvalue weighted by Gasteiger charge is -2.28. The Morgan fingerprint density at radius 1 is 0.868 bits per heavy atom. The molecule has 2 atom stereocenters. The SMILES string of the molecule is C[C@H](CN1C(=O)c2ccccc2C1=O)[C@H](OC(=O)c1ccccc1)c1cccc(OCC2CCCCC2)c1. The fourth-order valence-corrected chi connectivity index (χ4v) is 5.41. The zero-order valence-corrected chi connectivity index (χ0v) is 21.7. The van der Waals surface area contributed by atoms with E-state index in [0.29, 0.717) is 29.2 Å². The Morgan fingerprint density at radius 2 is 1.53 bits per heavy atom. The number of rotatable bonds is 9. The van der Waals surface area contributed by atoms with Gasteiger partial charge < -0.3 is 9.47 Å². The molecule has 2 amide bonds. The molecule has 0 N–H and O–H groups in total. The number of hydrogen-bond acceptors (Lipinski definition) is 5. The molecule has 196 valence electrons. The molecular weight excluding hydrogens is 478 g/mol. The van der Waals surface area contributed by atoms with E-state index in [1.165, 1.54) is 37.0 Å². The van der Waals surface area contributed by atoms with Gasteiger partial charge in [0, 0.05) is 12.5 Å². The van der Waals surface area contributed by atoms with Crippen molar-refractivity contribution in [1.29, 1.82) is 0 Å². The van der Waals surface area contributed by atoms with Gasteiger partial charge >= 0.3 is 5.97 Å². The third-order valence-corrected chi connectivity index (χ3v) is 7.51. The van der Waals surface area contributed by atoms with E-state index in [2.05, 4.69) is 0 Å². The molecule has 0 spiro atoms. The van der Waals surface area contributed by atoms with E-state index in [9.17, 15) is 14.4 Å². The van der Waals surface area contributed by atoms with Crippen molar-refractivity contribution in [1.82, 2.24) is 4.90 Å². The normalized spacial score (nSPS) is 17.1. The van der Waals surface area contributed by atoms with E-state index in [1.807, 2.05) is 37.3 Å². The third-order valence-electron chi connectivity index (χ3n) is 7.51. The maximum Gasteiger partial charge on any atom is 0.338 e. The van der Waals surface area contributed by atoms with Crippen molar-refractivity contribution >= 4 is 17.8 Å². The second-order valence-corrected chi connectivity index (χ2v) is 10.3. The van der Waals surface area contributed by atoms with Crippen molar-refractivity contribution in [3.8, 4) is 5.75 Å². The number of esters is 1. The molecule has 0 unspecified atom stereocenters. The number of carbonyl (C=O) groups excluding carboxylic acids is 3. The predicted molar refractivity (Wildman–Crippen MR) is 144 cm³/mol. The minimum atomic E-state index is -0.690. The van der Waals surface area contributed by atoms with Crippen molar-refractivity contribution in [2.45, 2.75) is 45.1 Å². The summed E-state index contributed by atoms with van der Waals surface area (Å²) >= 11 is 0. The molecule has 0 radical (unpaired) electrons. The van der Waals surface area contributed by atoms with Gasteiger partial charge in [-0.3, -0.25) is 14.5 Å². The number of benzene rings is 3. The van der Waals surface area contributed by atoms with E-state index in [1.54, 1.807) is 48.5 Å². The third kappa shape index (κ3) is 5.64. The van der Waals surface area contributed by atoms with Crippen LogP contribution < -0.4 is 4.74 Å². The molecule has 0 saturated heterocycles. The molecule has 5 rings (SSSR count).